The van der Waals surface area contributed by atoms with Gasteiger partial charge in [0.05, 0.1) is 9.20 Å². The maximum absolute atomic E-state index is 3.41. The molecule has 0 bridgehead atoms. The number of rotatable bonds is 2. The van der Waals surface area contributed by atoms with Gasteiger partial charge in [0, 0.05) is 9.76 Å². The predicted molar refractivity (Wildman–Crippen MR) is 36.8 cm³/mol. The lowest BCUT2D eigenvalue weighted by Gasteiger charge is -2.00. The molecule has 0 aromatic heterocycles. The van der Waals surface area contributed by atoms with E-state index >= 15 is 0 Å². The molecule has 6 heavy (non-hydrogen) atoms. The van der Waals surface area contributed by atoms with Crippen LogP contribution < -0.4 is 4.98 Å². The van der Waals surface area contributed by atoms with Crippen molar-refractivity contribution in [1.29, 1.82) is 0 Å². The van der Waals surface area contributed by atoms with Crippen LogP contribution in [0.4, 0.5) is 0 Å². The molecule has 0 unspecified atom stereocenters. The molecule has 0 aromatic rings. The third-order valence-corrected chi connectivity index (χ3v) is 3.06. The molecule has 38 valence electrons. The fourth-order valence-electron chi connectivity index (χ4n) is 0.408. The molecule has 0 heterocycles. The highest BCUT2D eigenvalue weighted by molar-refractivity contribution is 6.87. The first kappa shape index (κ1) is 6.39. The highest BCUT2D eigenvalue weighted by Crippen LogP contribution is 1.68. The molecule has 0 aromatic carbocycles. The van der Waals surface area contributed by atoms with E-state index in [1.165, 1.54) is 9.76 Å². The van der Waals surface area contributed by atoms with Gasteiger partial charge in [-0.15, -0.1) is 0 Å². The van der Waals surface area contributed by atoms with Crippen LogP contribution in [0.2, 0.25) is 0 Å². The number of hydrogen-bond donors (Lipinski definition) is 1. The Labute approximate surface area is 44.6 Å². The molecule has 0 saturated carbocycles. The van der Waals surface area contributed by atoms with Crippen molar-refractivity contribution in [2.45, 2.75) is 19.9 Å². The van der Waals surface area contributed by atoms with E-state index in [-0.39, 0.29) is 9.20 Å². The van der Waals surface area contributed by atoms with E-state index in [0.717, 1.165) is 6.04 Å². The summed E-state index contributed by atoms with van der Waals surface area (Å²) >= 11 is 0. The lowest BCUT2D eigenvalue weighted by molar-refractivity contribution is 0.758. The normalized spacial score (nSPS) is 12.5. The summed E-state index contributed by atoms with van der Waals surface area (Å²) < 4.78 is 0. The second-order valence-electron chi connectivity index (χ2n) is 1.71. The molecule has 0 atom stereocenters. The molecular weight excluding hydrogens is 106 g/mol. The fourth-order valence-corrected chi connectivity index (χ4v) is 3.67. The van der Waals surface area contributed by atoms with Gasteiger partial charge in [-0.05, 0) is 6.04 Å². The zero-order chi connectivity index (χ0) is 4.99. The first-order chi connectivity index (χ1) is 2.77. The Bertz CT molecular complexity index is 30.0. The van der Waals surface area contributed by atoms with Crippen LogP contribution in [-0.4, -0.2) is 25.0 Å². The molecule has 1 nitrogen and oxygen atoms in total. The van der Waals surface area contributed by atoms with Crippen molar-refractivity contribution >= 4 is 19.0 Å². The molecule has 0 fully saturated rings. The summed E-state index contributed by atoms with van der Waals surface area (Å²) in [4.78, 5) is 3.41. The van der Waals surface area contributed by atoms with E-state index in [1.807, 2.05) is 0 Å². The largest absolute Gasteiger partial charge is 0.343 e. The highest BCUT2D eigenvalue weighted by Gasteiger charge is 1.82. The molecule has 0 rings (SSSR count). The monoisotopic (exact) mass is 119 g/mol. The van der Waals surface area contributed by atoms with Gasteiger partial charge in [0.1, 0.15) is 0 Å². The lowest BCUT2D eigenvalue weighted by atomic mass is 10.4. The molecule has 0 saturated heterocycles. The second-order valence-corrected chi connectivity index (χ2v) is 4.95. The summed E-state index contributed by atoms with van der Waals surface area (Å²) in [6, 6.07) is 0.745. The maximum Gasteiger partial charge on any atom is 0.0724 e. The second kappa shape index (κ2) is 3.58. The van der Waals surface area contributed by atoms with E-state index in [2.05, 4.69) is 18.8 Å². The first-order valence-electron chi connectivity index (χ1n) is 2.50. The quantitative estimate of drug-likeness (QED) is 0.430. The molecule has 3 heteroatoms. The number of hydrogen-bond acceptors (Lipinski definition) is 1. The van der Waals surface area contributed by atoms with E-state index in [4.69, 9.17) is 0 Å². The van der Waals surface area contributed by atoms with Crippen LogP contribution in [0, 0.1) is 0 Å². The maximum atomic E-state index is 3.41. The lowest BCUT2D eigenvalue weighted by Crippen LogP contribution is -2.26. The Balaban J connectivity index is 2.63. The summed E-state index contributed by atoms with van der Waals surface area (Å²) in [5, 5.41) is 0. The van der Waals surface area contributed by atoms with Crippen LogP contribution in [0.1, 0.15) is 13.8 Å². The molecule has 0 aliphatic heterocycles. The van der Waals surface area contributed by atoms with Gasteiger partial charge in [-0.3, -0.25) is 0 Å². The Kier molecular flexibility index (Phi) is 3.81. The van der Waals surface area contributed by atoms with Crippen molar-refractivity contribution in [3.8, 4) is 0 Å². The van der Waals surface area contributed by atoms with Gasteiger partial charge >= 0.3 is 0 Å². The summed E-state index contributed by atoms with van der Waals surface area (Å²) in [6.45, 7) is 4.40. The van der Waals surface area contributed by atoms with Crippen LogP contribution >= 0.6 is 0 Å². The van der Waals surface area contributed by atoms with Gasteiger partial charge in [0.2, 0.25) is 0 Å². The van der Waals surface area contributed by atoms with Crippen LogP contribution in [0.25, 0.3) is 0 Å². The standard InChI is InChI=1S/C3H13NSi2/c1-3(2)4-6-5/h3-4H,6H2,1-2,5H3. The zero-order valence-corrected chi connectivity index (χ0v) is 8.20. The van der Waals surface area contributed by atoms with E-state index < -0.39 is 0 Å². The minimum Gasteiger partial charge on any atom is -0.343 e. The van der Waals surface area contributed by atoms with Gasteiger partial charge in [-0.25, -0.2) is 0 Å². The summed E-state index contributed by atoms with van der Waals surface area (Å²) in [7, 11) is 1.67. The van der Waals surface area contributed by atoms with Crippen LogP contribution in [0.15, 0.2) is 0 Å². The number of nitrogens with one attached hydrogen (secondary N) is 1. The third kappa shape index (κ3) is 4.39. The Morgan fingerprint density at radius 3 is 2.17 bits per heavy atom. The Hall–Kier alpha value is 0.394. The minimum atomic E-state index is 0.255. The molecule has 0 aliphatic carbocycles. The summed E-state index contributed by atoms with van der Waals surface area (Å²) in [6.07, 6.45) is 0. The molecule has 0 aliphatic rings. The van der Waals surface area contributed by atoms with Crippen molar-refractivity contribution in [2.24, 2.45) is 0 Å². The summed E-state index contributed by atoms with van der Waals surface area (Å²) in [5.41, 5.74) is 0. The van der Waals surface area contributed by atoms with Crippen molar-refractivity contribution < 1.29 is 0 Å². The molecular formula is C3H13NSi2. The fraction of sp³-hybridized carbons (Fsp3) is 1.00. The van der Waals surface area contributed by atoms with E-state index in [0.29, 0.717) is 0 Å². The van der Waals surface area contributed by atoms with Gasteiger partial charge in [0.15, 0.2) is 0 Å². The van der Waals surface area contributed by atoms with Crippen LogP contribution in [0.3, 0.4) is 0 Å². The highest BCUT2D eigenvalue weighted by atomic mass is 29.1. The molecule has 0 spiro atoms. The van der Waals surface area contributed by atoms with Crippen LogP contribution in [0.5, 0.6) is 0 Å². The van der Waals surface area contributed by atoms with Crippen molar-refractivity contribution in [1.82, 2.24) is 4.98 Å². The third-order valence-electron chi connectivity index (χ3n) is 0.612. The van der Waals surface area contributed by atoms with Gasteiger partial charge < -0.3 is 4.98 Å². The van der Waals surface area contributed by atoms with Crippen molar-refractivity contribution in [3.63, 3.8) is 0 Å². The van der Waals surface area contributed by atoms with Crippen molar-refractivity contribution in [2.75, 3.05) is 0 Å². The Morgan fingerprint density at radius 2 is 2.17 bits per heavy atom. The smallest absolute Gasteiger partial charge is 0.0724 e. The van der Waals surface area contributed by atoms with Crippen LogP contribution in [-0.2, 0) is 0 Å². The summed E-state index contributed by atoms with van der Waals surface area (Å²) in [5.74, 6) is 0. The molecule has 0 amide bonds. The first-order valence-corrected chi connectivity index (χ1v) is 8.87. The topological polar surface area (TPSA) is 12.0 Å². The molecule has 0 radical (unpaired) electrons. The minimum absolute atomic E-state index is 0.255. The average molecular weight is 119 g/mol. The van der Waals surface area contributed by atoms with E-state index in [9.17, 15) is 0 Å². The van der Waals surface area contributed by atoms with Crippen molar-refractivity contribution in [3.05, 3.63) is 0 Å². The van der Waals surface area contributed by atoms with Gasteiger partial charge in [0.25, 0.3) is 0 Å². The Morgan fingerprint density at radius 1 is 1.67 bits per heavy atom. The predicted octanol–water partition coefficient (Wildman–Crippen LogP) is -1.65. The van der Waals surface area contributed by atoms with E-state index in [1.54, 1.807) is 0 Å². The average Bonchev–Trinajstić information content (AvgIpc) is 1.35. The SMILES string of the molecule is CC(C)N[SiH2][SiH3]. The van der Waals surface area contributed by atoms with Gasteiger partial charge in [-0.1, -0.05) is 13.8 Å². The van der Waals surface area contributed by atoms with Gasteiger partial charge in [-0.2, -0.15) is 0 Å². The zero-order valence-electron chi connectivity index (χ0n) is 4.78. The molecule has 1 N–H and O–H groups in total.